The third-order valence-corrected chi connectivity index (χ3v) is 4.82. The second-order valence-corrected chi connectivity index (χ2v) is 6.21. The summed E-state index contributed by atoms with van der Waals surface area (Å²) in [6.07, 6.45) is 4.51. The number of aryl methyl sites for hydroxylation is 1. The van der Waals surface area contributed by atoms with Crippen LogP contribution in [-0.2, 0) is 19.4 Å². The molecule has 112 valence electrons. The lowest BCUT2D eigenvalue weighted by molar-refractivity contribution is 0.592. The molecule has 3 rings (SSSR count). The van der Waals surface area contributed by atoms with Crippen molar-refractivity contribution in [2.24, 2.45) is 0 Å². The Morgan fingerprint density at radius 2 is 2.14 bits per heavy atom. The van der Waals surface area contributed by atoms with E-state index in [4.69, 9.17) is 0 Å². The molecule has 0 fully saturated rings. The van der Waals surface area contributed by atoms with Crippen LogP contribution in [0, 0.1) is 0 Å². The molecule has 0 amide bonds. The van der Waals surface area contributed by atoms with Crippen molar-refractivity contribution >= 4 is 16.5 Å². The predicted octanol–water partition coefficient (Wildman–Crippen LogP) is 3.30. The number of thiazole rings is 1. The number of hydrogen-bond donors (Lipinski definition) is 1. The minimum atomic E-state index is 0.103. The highest BCUT2D eigenvalue weighted by Gasteiger charge is 2.19. The summed E-state index contributed by atoms with van der Waals surface area (Å²) in [5.41, 5.74) is 4.22. The fraction of sp³-hybridized carbons (Fsp3) is 0.500. The Bertz CT molecular complexity index is 702. The molecule has 1 aliphatic carbocycles. The second-order valence-electron chi connectivity index (χ2n) is 5.35. The Balaban J connectivity index is 2.11. The molecule has 0 radical (unpaired) electrons. The van der Waals surface area contributed by atoms with E-state index in [9.17, 15) is 4.79 Å². The molecular weight excluding hydrogens is 282 g/mol. The van der Waals surface area contributed by atoms with Crippen molar-refractivity contribution in [2.75, 3.05) is 11.9 Å². The van der Waals surface area contributed by atoms with Gasteiger partial charge in [0.2, 0.25) is 0 Å². The molecule has 0 saturated heterocycles. The highest BCUT2D eigenvalue weighted by molar-refractivity contribution is 7.14. The number of pyridine rings is 1. The van der Waals surface area contributed by atoms with E-state index in [2.05, 4.69) is 16.4 Å². The van der Waals surface area contributed by atoms with Gasteiger partial charge < -0.3 is 9.88 Å². The quantitative estimate of drug-likeness (QED) is 0.942. The van der Waals surface area contributed by atoms with Crippen LogP contribution in [0.15, 0.2) is 16.2 Å². The summed E-state index contributed by atoms with van der Waals surface area (Å²) in [6.45, 7) is 5.67. The lowest BCUT2D eigenvalue weighted by atomic mass is 9.94. The van der Waals surface area contributed by atoms with E-state index in [0.29, 0.717) is 0 Å². The molecule has 1 aliphatic rings. The van der Waals surface area contributed by atoms with E-state index in [1.807, 2.05) is 23.8 Å². The van der Waals surface area contributed by atoms with Crippen molar-refractivity contribution in [1.29, 1.82) is 0 Å². The van der Waals surface area contributed by atoms with Crippen LogP contribution < -0.4 is 10.9 Å². The molecule has 0 saturated carbocycles. The topological polar surface area (TPSA) is 46.9 Å². The van der Waals surface area contributed by atoms with Crippen molar-refractivity contribution in [3.63, 3.8) is 0 Å². The molecule has 0 unspecified atom stereocenters. The molecule has 5 heteroatoms. The predicted molar refractivity (Wildman–Crippen MR) is 88.3 cm³/mol. The second kappa shape index (κ2) is 6.02. The Hall–Kier alpha value is -1.62. The SMILES string of the molecule is CCNc1nc(-c2cc3c(n(CC)c2=O)CCCC3)cs1. The van der Waals surface area contributed by atoms with Gasteiger partial charge in [-0.1, -0.05) is 0 Å². The van der Waals surface area contributed by atoms with Gasteiger partial charge in [-0.05, 0) is 51.2 Å². The van der Waals surface area contributed by atoms with Crippen LogP contribution in [0.4, 0.5) is 5.13 Å². The van der Waals surface area contributed by atoms with E-state index in [-0.39, 0.29) is 5.56 Å². The highest BCUT2D eigenvalue weighted by atomic mass is 32.1. The summed E-state index contributed by atoms with van der Waals surface area (Å²) in [7, 11) is 0. The monoisotopic (exact) mass is 303 g/mol. The average Bonchev–Trinajstić information content (AvgIpc) is 2.95. The van der Waals surface area contributed by atoms with Crippen molar-refractivity contribution in [2.45, 2.75) is 46.1 Å². The fourth-order valence-corrected chi connectivity index (χ4v) is 3.81. The van der Waals surface area contributed by atoms with Crippen molar-refractivity contribution in [3.05, 3.63) is 33.1 Å². The maximum Gasteiger partial charge on any atom is 0.260 e. The van der Waals surface area contributed by atoms with Gasteiger partial charge in [-0.25, -0.2) is 4.98 Å². The lowest BCUT2D eigenvalue weighted by Gasteiger charge is -2.21. The van der Waals surface area contributed by atoms with Gasteiger partial charge in [-0.3, -0.25) is 4.79 Å². The van der Waals surface area contributed by atoms with Crippen LogP contribution in [0.25, 0.3) is 11.3 Å². The largest absolute Gasteiger partial charge is 0.362 e. The van der Waals surface area contributed by atoms with Gasteiger partial charge in [0.25, 0.3) is 5.56 Å². The lowest BCUT2D eigenvalue weighted by Crippen LogP contribution is -2.27. The summed E-state index contributed by atoms with van der Waals surface area (Å²) in [6, 6.07) is 2.08. The zero-order chi connectivity index (χ0) is 14.8. The molecule has 0 aliphatic heterocycles. The first-order valence-corrected chi connectivity index (χ1v) is 8.58. The van der Waals surface area contributed by atoms with Gasteiger partial charge in [0.1, 0.15) is 0 Å². The molecule has 1 N–H and O–H groups in total. The average molecular weight is 303 g/mol. The Morgan fingerprint density at radius 3 is 2.90 bits per heavy atom. The molecule has 21 heavy (non-hydrogen) atoms. The maximum absolute atomic E-state index is 12.7. The van der Waals surface area contributed by atoms with Crippen LogP contribution in [0.3, 0.4) is 0 Å². The van der Waals surface area contributed by atoms with Gasteiger partial charge in [-0.2, -0.15) is 0 Å². The summed E-state index contributed by atoms with van der Waals surface area (Å²) in [5.74, 6) is 0. The van der Waals surface area contributed by atoms with Gasteiger partial charge in [0, 0.05) is 24.2 Å². The molecule has 0 bridgehead atoms. The van der Waals surface area contributed by atoms with E-state index >= 15 is 0 Å². The first-order chi connectivity index (χ1) is 10.2. The van der Waals surface area contributed by atoms with Gasteiger partial charge in [0.05, 0.1) is 11.3 Å². The number of hydrogen-bond acceptors (Lipinski definition) is 4. The smallest absolute Gasteiger partial charge is 0.260 e. The summed E-state index contributed by atoms with van der Waals surface area (Å²) in [5, 5.41) is 6.06. The maximum atomic E-state index is 12.7. The van der Waals surface area contributed by atoms with Crippen LogP contribution in [0.1, 0.15) is 37.9 Å². The van der Waals surface area contributed by atoms with Crippen LogP contribution >= 0.6 is 11.3 Å². The normalized spacial score (nSPS) is 14.0. The first-order valence-electron chi connectivity index (χ1n) is 7.70. The van der Waals surface area contributed by atoms with E-state index < -0.39 is 0 Å². The Morgan fingerprint density at radius 1 is 1.33 bits per heavy atom. The highest BCUT2D eigenvalue weighted by Crippen LogP contribution is 2.27. The molecule has 0 aromatic carbocycles. The molecule has 2 heterocycles. The fourth-order valence-electron chi connectivity index (χ4n) is 3.03. The van der Waals surface area contributed by atoms with E-state index in [0.717, 1.165) is 42.3 Å². The summed E-state index contributed by atoms with van der Waals surface area (Å²) in [4.78, 5) is 17.3. The number of nitrogens with one attached hydrogen (secondary N) is 1. The number of anilines is 1. The molecular formula is C16H21N3OS. The Labute approximate surface area is 128 Å². The number of rotatable bonds is 4. The molecule has 2 aromatic rings. The van der Waals surface area contributed by atoms with Crippen LogP contribution in [0.5, 0.6) is 0 Å². The van der Waals surface area contributed by atoms with Crippen molar-refractivity contribution in [3.8, 4) is 11.3 Å². The number of fused-ring (bicyclic) bond motifs is 1. The molecule has 4 nitrogen and oxygen atoms in total. The zero-order valence-corrected chi connectivity index (χ0v) is 13.4. The van der Waals surface area contributed by atoms with Crippen LogP contribution in [0.2, 0.25) is 0 Å². The van der Waals surface area contributed by atoms with Crippen molar-refractivity contribution in [1.82, 2.24) is 9.55 Å². The van der Waals surface area contributed by atoms with E-state index in [1.54, 1.807) is 11.3 Å². The van der Waals surface area contributed by atoms with Crippen molar-refractivity contribution < 1.29 is 0 Å². The van der Waals surface area contributed by atoms with Gasteiger partial charge in [0.15, 0.2) is 5.13 Å². The number of aromatic nitrogens is 2. The van der Waals surface area contributed by atoms with Gasteiger partial charge in [-0.15, -0.1) is 11.3 Å². The third kappa shape index (κ3) is 2.62. The van der Waals surface area contributed by atoms with Gasteiger partial charge >= 0.3 is 0 Å². The zero-order valence-electron chi connectivity index (χ0n) is 12.6. The number of nitrogens with zero attached hydrogens (tertiary/aromatic N) is 2. The summed E-state index contributed by atoms with van der Waals surface area (Å²) < 4.78 is 1.94. The van der Waals surface area contributed by atoms with E-state index in [1.165, 1.54) is 24.1 Å². The standard InChI is InChI=1S/C16H21N3OS/c1-3-17-16-18-13(10-21-16)12-9-11-7-5-6-8-14(11)19(4-2)15(12)20/h9-10H,3-8H2,1-2H3,(H,17,18). The molecule has 0 spiro atoms. The van der Waals surface area contributed by atoms with Crippen LogP contribution in [-0.4, -0.2) is 16.1 Å². The third-order valence-electron chi connectivity index (χ3n) is 4.02. The summed E-state index contributed by atoms with van der Waals surface area (Å²) >= 11 is 1.56. The first kappa shape index (κ1) is 14.3. The molecule has 2 aromatic heterocycles. The Kier molecular flexibility index (Phi) is 4.10. The minimum absolute atomic E-state index is 0.103. The molecule has 0 atom stereocenters. The minimum Gasteiger partial charge on any atom is -0.362 e.